The molecular weight excluding hydrogens is 434 g/mol. The second kappa shape index (κ2) is 15.0. The molecule has 9 heteroatoms. The van der Waals surface area contributed by atoms with Gasteiger partial charge in [-0.2, -0.15) is 0 Å². The second-order valence-corrected chi connectivity index (χ2v) is 8.13. The fourth-order valence-electron chi connectivity index (χ4n) is 3.00. The second-order valence-electron chi connectivity index (χ2n) is 7.21. The van der Waals surface area contributed by atoms with Crippen LogP contribution in [0.15, 0.2) is 76.2 Å². The van der Waals surface area contributed by atoms with Gasteiger partial charge in [0.1, 0.15) is 0 Å². The van der Waals surface area contributed by atoms with E-state index in [1.807, 2.05) is 68.6 Å². The number of hydrogen-bond donors (Lipinski definition) is 5. The quantitative estimate of drug-likeness (QED) is 0.206. The molecule has 0 aliphatic heterocycles. The molecule has 0 aliphatic carbocycles. The van der Waals surface area contributed by atoms with Crippen molar-refractivity contribution in [2.45, 2.75) is 25.2 Å². The van der Waals surface area contributed by atoms with Gasteiger partial charge < -0.3 is 37.6 Å². The predicted octanol–water partition coefficient (Wildman–Crippen LogP) is 2.24. The van der Waals surface area contributed by atoms with Gasteiger partial charge in [0.25, 0.3) is 0 Å². The lowest BCUT2D eigenvalue weighted by atomic mass is 10.2. The van der Waals surface area contributed by atoms with Crippen molar-refractivity contribution in [3.63, 3.8) is 0 Å². The van der Waals surface area contributed by atoms with E-state index < -0.39 is 0 Å². The molecule has 1 aromatic carbocycles. The number of rotatable bonds is 14. The highest BCUT2D eigenvalue weighted by molar-refractivity contribution is 8.02. The van der Waals surface area contributed by atoms with E-state index in [0.717, 1.165) is 29.4 Å². The van der Waals surface area contributed by atoms with Gasteiger partial charge in [0.05, 0.1) is 28.5 Å². The summed E-state index contributed by atoms with van der Waals surface area (Å²) >= 11 is 1.45. The standard InChI is InChI=1S/C24H39N7OS/c1-6-20(29-21(16-26)18(3)30(5)15-14-28-4)19(27)17-33-23-11-9-8-10-22(23)31(7-2)24(32)12-13-25/h6,8-11,16-17,28-29H,3,7,12-15,25-27H2,1-2,4-5H3/b19-17-,20-6?,21-16+. The number of para-hydroxylation sites is 1. The summed E-state index contributed by atoms with van der Waals surface area (Å²) < 4.78 is 0. The molecule has 0 spiro atoms. The van der Waals surface area contributed by atoms with E-state index in [4.69, 9.17) is 17.2 Å². The molecule has 1 rings (SSSR count). The number of benzene rings is 1. The van der Waals surface area contributed by atoms with Crippen LogP contribution in [0, 0.1) is 0 Å². The summed E-state index contributed by atoms with van der Waals surface area (Å²) in [5.74, 6) is -0.000517. The Kier molecular flexibility index (Phi) is 12.8. The molecule has 0 radical (unpaired) electrons. The van der Waals surface area contributed by atoms with E-state index in [-0.39, 0.29) is 5.91 Å². The Labute approximate surface area is 202 Å². The van der Waals surface area contributed by atoms with Crippen molar-refractivity contribution in [2.24, 2.45) is 17.2 Å². The first kappa shape index (κ1) is 28.2. The Balaban J connectivity index is 3.03. The fraction of sp³-hybridized carbons (Fsp3) is 0.375. The summed E-state index contributed by atoms with van der Waals surface area (Å²) in [6.45, 7) is 10.5. The van der Waals surface area contributed by atoms with Crippen LogP contribution in [0.5, 0.6) is 0 Å². The Morgan fingerprint density at radius 1 is 1.27 bits per heavy atom. The zero-order valence-corrected chi connectivity index (χ0v) is 21.0. The highest BCUT2D eigenvalue weighted by atomic mass is 32.2. The van der Waals surface area contributed by atoms with Crippen LogP contribution >= 0.6 is 11.8 Å². The molecule has 0 heterocycles. The van der Waals surface area contributed by atoms with E-state index in [9.17, 15) is 4.79 Å². The Morgan fingerprint density at radius 2 is 1.97 bits per heavy atom. The lowest BCUT2D eigenvalue weighted by Gasteiger charge is -2.25. The van der Waals surface area contributed by atoms with Crippen molar-refractivity contribution in [3.8, 4) is 0 Å². The molecule has 1 aromatic rings. The number of hydrogen-bond acceptors (Lipinski definition) is 8. The summed E-state index contributed by atoms with van der Waals surface area (Å²) in [4.78, 5) is 17.2. The van der Waals surface area contributed by atoms with Crippen LogP contribution in [0.1, 0.15) is 20.3 Å². The fourth-order valence-corrected chi connectivity index (χ4v) is 3.83. The van der Waals surface area contributed by atoms with Crippen LogP contribution in [-0.2, 0) is 4.79 Å². The highest BCUT2D eigenvalue weighted by Crippen LogP contribution is 2.32. The minimum absolute atomic E-state index is 0.000517. The minimum Gasteiger partial charge on any atom is -0.403 e. The molecule has 0 aliphatic rings. The Hall–Kier alpha value is -2.88. The number of allylic oxidation sites excluding steroid dienone is 1. The number of anilines is 1. The molecule has 33 heavy (non-hydrogen) atoms. The van der Waals surface area contributed by atoms with E-state index >= 15 is 0 Å². The third kappa shape index (κ3) is 8.53. The van der Waals surface area contributed by atoms with E-state index in [2.05, 4.69) is 17.2 Å². The maximum absolute atomic E-state index is 12.5. The van der Waals surface area contributed by atoms with Gasteiger partial charge in [-0.15, -0.1) is 0 Å². The van der Waals surface area contributed by atoms with Crippen LogP contribution in [-0.4, -0.2) is 51.1 Å². The van der Waals surface area contributed by atoms with Gasteiger partial charge in [0.15, 0.2) is 0 Å². The smallest absolute Gasteiger partial charge is 0.228 e. The molecule has 0 unspecified atom stereocenters. The minimum atomic E-state index is -0.000517. The molecule has 8 nitrogen and oxygen atoms in total. The predicted molar refractivity (Wildman–Crippen MR) is 141 cm³/mol. The number of likely N-dealkylation sites (N-methyl/N-ethyl adjacent to an activating group) is 2. The number of nitrogens with zero attached hydrogens (tertiary/aromatic N) is 2. The maximum atomic E-state index is 12.5. The molecule has 182 valence electrons. The lowest BCUT2D eigenvalue weighted by Crippen LogP contribution is -2.32. The van der Waals surface area contributed by atoms with Crippen LogP contribution in [0.3, 0.4) is 0 Å². The lowest BCUT2D eigenvalue weighted by molar-refractivity contribution is -0.118. The van der Waals surface area contributed by atoms with Crippen molar-refractivity contribution in [3.05, 3.63) is 71.3 Å². The molecule has 0 saturated heterocycles. The summed E-state index contributed by atoms with van der Waals surface area (Å²) in [5.41, 5.74) is 21.4. The third-order valence-electron chi connectivity index (χ3n) is 4.95. The number of thioether (sulfide) groups is 1. The number of carbonyl (C=O) groups is 1. The number of carbonyl (C=O) groups excluding carboxylic acids is 1. The van der Waals surface area contributed by atoms with Crippen LogP contribution in [0.4, 0.5) is 5.69 Å². The first-order chi connectivity index (χ1) is 15.8. The average Bonchev–Trinajstić information content (AvgIpc) is 2.82. The molecule has 1 amide bonds. The molecule has 0 bridgehead atoms. The summed E-state index contributed by atoms with van der Waals surface area (Å²) in [6.07, 6.45) is 3.67. The van der Waals surface area contributed by atoms with Gasteiger partial charge in [0, 0.05) is 56.2 Å². The van der Waals surface area contributed by atoms with Gasteiger partial charge in [-0.05, 0) is 33.0 Å². The van der Waals surface area contributed by atoms with Crippen molar-refractivity contribution < 1.29 is 4.79 Å². The zero-order chi connectivity index (χ0) is 24.8. The Morgan fingerprint density at radius 3 is 2.55 bits per heavy atom. The van der Waals surface area contributed by atoms with Crippen molar-refractivity contribution >= 4 is 23.4 Å². The third-order valence-corrected chi connectivity index (χ3v) is 5.92. The summed E-state index contributed by atoms with van der Waals surface area (Å²) in [6, 6.07) is 7.75. The number of nitrogens with two attached hydrogens (primary N) is 3. The first-order valence-electron chi connectivity index (χ1n) is 11.0. The first-order valence-corrected chi connectivity index (χ1v) is 11.8. The highest BCUT2D eigenvalue weighted by Gasteiger charge is 2.16. The van der Waals surface area contributed by atoms with Crippen LogP contribution in [0.25, 0.3) is 0 Å². The molecule has 0 aromatic heterocycles. The van der Waals surface area contributed by atoms with Crippen molar-refractivity contribution in [1.82, 2.24) is 15.5 Å². The summed E-state index contributed by atoms with van der Waals surface area (Å²) in [5, 5.41) is 8.25. The van der Waals surface area contributed by atoms with Gasteiger partial charge in [-0.1, -0.05) is 36.5 Å². The molecule has 0 saturated carbocycles. The molecule has 0 fully saturated rings. The van der Waals surface area contributed by atoms with Crippen molar-refractivity contribution in [1.29, 1.82) is 0 Å². The topological polar surface area (TPSA) is 126 Å². The van der Waals surface area contributed by atoms with E-state index in [1.54, 1.807) is 4.90 Å². The van der Waals surface area contributed by atoms with Crippen LogP contribution in [0.2, 0.25) is 0 Å². The molecule has 0 atom stereocenters. The van der Waals surface area contributed by atoms with Gasteiger partial charge in [-0.3, -0.25) is 4.79 Å². The van der Waals surface area contributed by atoms with Gasteiger partial charge >= 0.3 is 0 Å². The summed E-state index contributed by atoms with van der Waals surface area (Å²) in [7, 11) is 3.86. The zero-order valence-electron chi connectivity index (χ0n) is 20.2. The number of nitrogens with one attached hydrogen (secondary N) is 2. The van der Waals surface area contributed by atoms with Gasteiger partial charge in [0.2, 0.25) is 5.91 Å². The average molecular weight is 474 g/mol. The largest absolute Gasteiger partial charge is 0.403 e. The van der Waals surface area contributed by atoms with E-state index in [0.29, 0.717) is 36.6 Å². The SMILES string of the molecule is C=C(/C(=C\N)NC(=CC)/C(N)=C/Sc1ccccc1N(CC)C(=O)CCN)N(C)CCNC. The van der Waals surface area contributed by atoms with Crippen LogP contribution < -0.4 is 32.7 Å². The Bertz CT molecular complexity index is 879. The number of amides is 1. The van der Waals surface area contributed by atoms with E-state index in [1.165, 1.54) is 18.0 Å². The normalized spacial score (nSPS) is 12.5. The van der Waals surface area contributed by atoms with Crippen molar-refractivity contribution in [2.75, 3.05) is 45.2 Å². The maximum Gasteiger partial charge on any atom is 0.228 e. The molecular formula is C24H39N7OS. The monoisotopic (exact) mass is 473 g/mol. The molecule has 8 N–H and O–H groups in total. The van der Waals surface area contributed by atoms with Gasteiger partial charge in [-0.25, -0.2) is 0 Å².